The van der Waals surface area contributed by atoms with Gasteiger partial charge in [0.2, 0.25) is 0 Å². The maximum Gasteiger partial charge on any atom is 0.0595 e. The van der Waals surface area contributed by atoms with Gasteiger partial charge in [-0.25, -0.2) is 0 Å². The lowest BCUT2D eigenvalue weighted by atomic mass is 9.96. The molecule has 0 saturated carbocycles. The number of nitrogens with zero attached hydrogens (tertiary/aromatic N) is 1. The van der Waals surface area contributed by atoms with Crippen molar-refractivity contribution in [1.82, 2.24) is 4.90 Å². The van der Waals surface area contributed by atoms with Gasteiger partial charge in [0.25, 0.3) is 0 Å². The minimum atomic E-state index is 0.216. The Morgan fingerprint density at radius 1 is 1.33 bits per heavy atom. The summed E-state index contributed by atoms with van der Waals surface area (Å²) in [5.41, 5.74) is 7.28. The van der Waals surface area contributed by atoms with Gasteiger partial charge in [0.05, 0.1) is 10.0 Å². The molecule has 1 aromatic rings. The SMILES string of the molecule is CC(N)C1CCCCN1Cc1ccc(Cl)c(Cl)c1. The van der Waals surface area contributed by atoms with E-state index in [0.29, 0.717) is 16.1 Å². The Morgan fingerprint density at radius 2 is 2.11 bits per heavy atom. The number of rotatable bonds is 3. The molecule has 0 amide bonds. The van der Waals surface area contributed by atoms with Crippen LogP contribution in [0.5, 0.6) is 0 Å². The van der Waals surface area contributed by atoms with E-state index >= 15 is 0 Å². The van der Waals surface area contributed by atoms with Crippen LogP contribution in [0, 0.1) is 0 Å². The van der Waals surface area contributed by atoms with E-state index in [4.69, 9.17) is 28.9 Å². The van der Waals surface area contributed by atoms with Gasteiger partial charge in [-0.1, -0.05) is 35.7 Å². The zero-order valence-corrected chi connectivity index (χ0v) is 12.2. The number of hydrogen-bond acceptors (Lipinski definition) is 2. The normalized spacial score (nSPS) is 23.0. The highest BCUT2D eigenvalue weighted by atomic mass is 35.5. The molecule has 0 aromatic heterocycles. The first kappa shape index (κ1) is 14.1. The lowest BCUT2D eigenvalue weighted by Gasteiger charge is -2.38. The Balaban J connectivity index is 2.08. The zero-order chi connectivity index (χ0) is 13.1. The molecule has 2 rings (SSSR count). The third-order valence-electron chi connectivity index (χ3n) is 3.64. The molecule has 1 aromatic carbocycles. The van der Waals surface area contributed by atoms with Gasteiger partial charge in [-0.15, -0.1) is 0 Å². The van der Waals surface area contributed by atoms with E-state index in [1.807, 2.05) is 18.2 Å². The fourth-order valence-corrected chi connectivity index (χ4v) is 3.00. The maximum absolute atomic E-state index is 6.08. The minimum absolute atomic E-state index is 0.216. The summed E-state index contributed by atoms with van der Waals surface area (Å²) in [6.07, 6.45) is 3.73. The molecule has 2 N–H and O–H groups in total. The number of piperidine rings is 1. The molecular weight excluding hydrogens is 267 g/mol. The zero-order valence-electron chi connectivity index (χ0n) is 10.7. The van der Waals surface area contributed by atoms with Crippen LogP contribution in [0.2, 0.25) is 10.0 Å². The van der Waals surface area contributed by atoms with Crippen molar-refractivity contribution in [2.75, 3.05) is 6.54 Å². The largest absolute Gasteiger partial charge is 0.327 e. The lowest BCUT2D eigenvalue weighted by molar-refractivity contribution is 0.123. The fourth-order valence-electron chi connectivity index (χ4n) is 2.68. The number of nitrogens with two attached hydrogens (primary N) is 1. The van der Waals surface area contributed by atoms with Crippen molar-refractivity contribution in [1.29, 1.82) is 0 Å². The van der Waals surface area contributed by atoms with Crippen molar-refractivity contribution in [2.45, 2.75) is 44.8 Å². The number of hydrogen-bond donors (Lipinski definition) is 1. The molecule has 0 aliphatic carbocycles. The predicted octanol–water partition coefficient (Wildman–Crippen LogP) is 3.70. The van der Waals surface area contributed by atoms with E-state index in [-0.39, 0.29) is 6.04 Å². The number of likely N-dealkylation sites (tertiary alicyclic amines) is 1. The summed E-state index contributed by atoms with van der Waals surface area (Å²) in [7, 11) is 0. The molecule has 1 saturated heterocycles. The molecule has 0 bridgehead atoms. The second-order valence-electron chi connectivity index (χ2n) is 5.14. The Bertz CT molecular complexity index is 407. The van der Waals surface area contributed by atoms with E-state index in [2.05, 4.69) is 11.8 Å². The van der Waals surface area contributed by atoms with E-state index < -0.39 is 0 Å². The van der Waals surface area contributed by atoms with Gasteiger partial charge in [-0.05, 0) is 44.0 Å². The lowest BCUT2D eigenvalue weighted by Crippen LogP contribution is -2.48. The van der Waals surface area contributed by atoms with E-state index in [9.17, 15) is 0 Å². The van der Waals surface area contributed by atoms with Crippen LogP contribution < -0.4 is 5.73 Å². The van der Waals surface area contributed by atoms with Crippen LogP contribution in [0.25, 0.3) is 0 Å². The Kier molecular flexibility index (Phi) is 4.91. The van der Waals surface area contributed by atoms with Gasteiger partial charge in [0, 0.05) is 18.6 Å². The standard InChI is InChI=1S/C14H20Cl2N2/c1-10(17)14-4-2-3-7-18(14)9-11-5-6-12(15)13(16)8-11/h5-6,8,10,14H,2-4,7,9,17H2,1H3. The quantitative estimate of drug-likeness (QED) is 0.918. The summed E-state index contributed by atoms with van der Waals surface area (Å²) in [4.78, 5) is 2.47. The summed E-state index contributed by atoms with van der Waals surface area (Å²) in [6, 6.07) is 6.56. The van der Waals surface area contributed by atoms with Crippen LogP contribution >= 0.6 is 23.2 Å². The van der Waals surface area contributed by atoms with Gasteiger partial charge < -0.3 is 5.73 Å². The van der Waals surface area contributed by atoms with Gasteiger partial charge in [-0.2, -0.15) is 0 Å². The van der Waals surface area contributed by atoms with E-state index in [0.717, 1.165) is 13.1 Å². The molecule has 0 radical (unpaired) electrons. The number of halogens is 2. The van der Waals surface area contributed by atoms with Gasteiger partial charge >= 0.3 is 0 Å². The molecule has 2 nitrogen and oxygen atoms in total. The highest BCUT2D eigenvalue weighted by molar-refractivity contribution is 6.42. The van der Waals surface area contributed by atoms with Crippen molar-refractivity contribution in [3.05, 3.63) is 33.8 Å². The fraction of sp³-hybridized carbons (Fsp3) is 0.571. The molecule has 100 valence electrons. The van der Waals surface area contributed by atoms with Gasteiger partial charge in [-0.3, -0.25) is 4.90 Å². The average molecular weight is 287 g/mol. The maximum atomic E-state index is 6.08. The molecule has 1 aliphatic heterocycles. The highest BCUT2D eigenvalue weighted by Gasteiger charge is 2.25. The highest BCUT2D eigenvalue weighted by Crippen LogP contribution is 2.26. The second-order valence-corrected chi connectivity index (χ2v) is 5.96. The van der Waals surface area contributed by atoms with Crippen LogP contribution in [-0.2, 0) is 6.54 Å². The van der Waals surface area contributed by atoms with E-state index in [1.54, 1.807) is 0 Å². The van der Waals surface area contributed by atoms with Crippen LogP contribution in [0.1, 0.15) is 31.7 Å². The van der Waals surface area contributed by atoms with Crippen molar-refractivity contribution in [3.63, 3.8) is 0 Å². The summed E-state index contributed by atoms with van der Waals surface area (Å²) in [5.74, 6) is 0. The van der Waals surface area contributed by atoms with Crippen LogP contribution in [0.4, 0.5) is 0 Å². The third kappa shape index (κ3) is 3.39. The van der Waals surface area contributed by atoms with Crippen LogP contribution in [-0.4, -0.2) is 23.5 Å². The molecule has 0 spiro atoms. The monoisotopic (exact) mass is 286 g/mol. The Labute approximate surface area is 119 Å². The number of benzene rings is 1. The first-order valence-corrected chi connectivity index (χ1v) is 7.27. The molecule has 2 atom stereocenters. The van der Waals surface area contributed by atoms with Gasteiger partial charge in [0.1, 0.15) is 0 Å². The third-order valence-corrected chi connectivity index (χ3v) is 4.38. The summed E-state index contributed by atoms with van der Waals surface area (Å²) >= 11 is 12.0. The smallest absolute Gasteiger partial charge is 0.0595 e. The first-order valence-electron chi connectivity index (χ1n) is 6.51. The second kappa shape index (κ2) is 6.25. The van der Waals surface area contributed by atoms with Crippen molar-refractivity contribution in [3.8, 4) is 0 Å². The van der Waals surface area contributed by atoms with Crippen molar-refractivity contribution < 1.29 is 0 Å². The van der Waals surface area contributed by atoms with Gasteiger partial charge in [0.15, 0.2) is 0 Å². The summed E-state index contributed by atoms with van der Waals surface area (Å²) < 4.78 is 0. The average Bonchev–Trinajstić information content (AvgIpc) is 2.34. The predicted molar refractivity (Wildman–Crippen MR) is 78.2 cm³/mol. The van der Waals surface area contributed by atoms with Crippen molar-refractivity contribution in [2.24, 2.45) is 5.73 Å². The molecule has 2 unspecified atom stereocenters. The molecule has 1 heterocycles. The molecular formula is C14H20Cl2N2. The van der Waals surface area contributed by atoms with E-state index in [1.165, 1.54) is 24.8 Å². The van der Waals surface area contributed by atoms with Crippen LogP contribution in [0.3, 0.4) is 0 Å². The molecule has 1 fully saturated rings. The topological polar surface area (TPSA) is 29.3 Å². The van der Waals surface area contributed by atoms with Crippen LogP contribution in [0.15, 0.2) is 18.2 Å². The summed E-state index contributed by atoms with van der Waals surface area (Å²) in [6.45, 7) is 4.12. The molecule has 1 aliphatic rings. The summed E-state index contributed by atoms with van der Waals surface area (Å²) in [5, 5.41) is 1.24. The van der Waals surface area contributed by atoms with Crippen molar-refractivity contribution >= 4 is 23.2 Å². The Morgan fingerprint density at radius 3 is 2.78 bits per heavy atom. The molecule has 4 heteroatoms. The minimum Gasteiger partial charge on any atom is -0.327 e. The first-order chi connectivity index (χ1) is 8.58. The Hall–Kier alpha value is -0.280. The molecule has 18 heavy (non-hydrogen) atoms.